The van der Waals surface area contributed by atoms with Gasteiger partial charge in [-0.3, -0.25) is 4.79 Å². The molecular weight excluding hydrogens is 152 g/mol. The SMILES string of the molecule is CC(=O)c1nccn1CC1CC1. The number of carbonyl (C=O) groups is 1. The Balaban J connectivity index is 2.17. The average molecular weight is 164 g/mol. The average Bonchev–Trinajstić information content (AvgIpc) is 2.66. The summed E-state index contributed by atoms with van der Waals surface area (Å²) in [6.45, 7) is 2.53. The molecule has 0 radical (unpaired) electrons. The highest BCUT2D eigenvalue weighted by Gasteiger charge is 2.23. The fourth-order valence-electron chi connectivity index (χ4n) is 1.35. The lowest BCUT2D eigenvalue weighted by atomic mass is 10.4. The van der Waals surface area contributed by atoms with Crippen LogP contribution in [-0.4, -0.2) is 15.3 Å². The summed E-state index contributed by atoms with van der Waals surface area (Å²) >= 11 is 0. The highest BCUT2D eigenvalue weighted by molar-refractivity contribution is 5.90. The molecule has 0 unspecified atom stereocenters. The van der Waals surface area contributed by atoms with Crippen molar-refractivity contribution in [1.82, 2.24) is 9.55 Å². The molecule has 1 heterocycles. The fraction of sp³-hybridized carbons (Fsp3) is 0.556. The van der Waals surface area contributed by atoms with Crippen molar-refractivity contribution in [3.63, 3.8) is 0 Å². The van der Waals surface area contributed by atoms with Gasteiger partial charge in [0.1, 0.15) is 0 Å². The molecule has 0 N–H and O–H groups in total. The molecule has 0 bridgehead atoms. The second-order valence-electron chi connectivity index (χ2n) is 3.40. The zero-order valence-electron chi connectivity index (χ0n) is 7.16. The van der Waals surface area contributed by atoms with E-state index < -0.39 is 0 Å². The van der Waals surface area contributed by atoms with Gasteiger partial charge in [-0.15, -0.1) is 0 Å². The van der Waals surface area contributed by atoms with Gasteiger partial charge in [-0.05, 0) is 18.8 Å². The Bertz CT molecular complexity index is 299. The molecule has 0 aromatic carbocycles. The number of ketones is 1. The minimum atomic E-state index is 0.0562. The lowest BCUT2D eigenvalue weighted by Crippen LogP contribution is -2.08. The quantitative estimate of drug-likeness (QED) is 0.634. The van der Waals surface area contributed by atoms with E-state index in [1.807, 2.05) is 10.8 Å². The standard InChI is InChI=1S/C9H12N2O/c1-7(12)9-10-4-5-11(9)6-8-2-3-8/h4-5,8H,2-3,6H2,1H3. The van der Waals surface area contributed by atoms with Crippen molar-refractivity contribution in [3.05, 3.63) is 18.2 Å². The predicted octanol–water partition coefficient (Wildman–Crippen LogP) is 1.50. The van der Waals surface area contributed by atoms with Crippen LogP contribution in [0.15, 0.2) is 12.4 Å². The highest BCUT2D eigenvalue weighted by Crippen LogP contribution is 2.30. The van der Waals surface area contributed by atoms with Crippen molar-refractivity contribution in [3.8, 4) is 0 Å². The summed E-state index contributed by atoms with van der Waals surface area (Å²) in [6.07, 6.45) is 6.18. The Hall–Kier alpha value is -1.12. The van der Waals surface area contributed by atoms with Crippen LogP contribution in [0, 0.1) is 5.92 Å². The Morgan fingerprint density at radius 2 is 2.50 bits per heavy atom. The first-order valence-electron chi connectivity index (χ1n) is 4.29. The van der Waals surface area contributed by atoms with Gasteiger partial charge in [0.15, 0.2) is 11.6 Å². The molecule has 0 spiro atoms. The third-order valence-corrected chi connectivity index (χ3v) is 2.18. The maximum atomic E-state index is 11.0. The predicted molar refractivity (Wildman–Crippen MR) is 45.0 cm³/mol. The molecule has 12 heavy (non-hydrogen) atoms. The normalized spacial score (nSPS) is 16.4. The van der Waals surface area contributed by atoms with E-state index in [1.54, 1.807) is 13.1 Å². The Labute approximate surface area is 71.4 Å². The van der Waals surface area contributed by atoms with Crippen molar-refractivity contribution < 1.29 is 4.79 Å². The topological polar surface area (TPSA) is 34.9 Å². The largest absolute Gasteiger partial charge is 0.328 e. The van der Waals surface area contributed by atoms with Crippen LogP contribution in [-0.2, 0) is 6.54 Å². The highest BCUT2D eigenvalue weighted by atomic mass is 16.1. The van der Waals surface area contributed by atoms with E-state index in [1.165, 1.54) is 12.8 Å². The number of imidazole rings is 1. The summed E-state index contributed by atoms with van der Waals surface area (Å²) in [5, 5.41) is 0. The van der Waals surface area contributed by atoms with Crippen LogP contribution in [0.4, 0.5) is 0 Å². The first-order valence-corrected chi connectivity index (χ1v) is 4.29. The van der Waals surface area contributed by atoms with Crippen LogP contribution < -0.4 is 0 Å². The van der Waals surface area contributed by atoms with Gasteiger partial charge >= 0.3 is 0 Å². The van der Waals surface area contributed by atoms with Crippen molar-refractivity contribution >= 4 is 5.78 Å². The Morgan fingerprint density at radius 1 is 1.75 bits per heavy atom. The van der Waals surface area contributed by atoms with E-state index in [2.05, 4.69) is 4.98 Å². The third-order valence-electron chi connectivity index (χ3n) is 2.18. The summed E-state index contributed by atoms with van der Waals surface area (Å²) in [5.41, 5.74) is 0. The van der Waals surface area contributed by atoms with E-state index in [-0.39, 0.29) is 5.78 Å². The molecule has 1 fully saturated rings. The number of aromatic nitrogens is 2. The Kier molecular flexibility index (Phi) is 1.71. The van der Waals surface area contributed by atoms with E-state index in [0.717, 1.165) is 12.5 Å². The van der Waals surface area contributed by atoms with Gasteiger partial charge < -0.3 is 4.57 Å². The lowest BCUT2D eigenvalue weighted by Gasteiger charge is -2.02. The maximum Gasteiger partial charge on any atom is 0.195 e. The summed E-state index contributed by atoms with van der Waals surface area (Å²) in [7, 11) is 0. The Morgan fingerprint density at radius 3 is 3.08 bits per heavy atom. The molecule has 0 saturated heterocycles. The molecule has 1 aliphatic rings. The number of carbonyl (C=O) groups excluding carboxylic acids is 1. The monoisotopic (exact) mass is 164 g/mol. The molecule has 0 atom stereocenters. The molecule has 1 aliphatic carbocycles. The van der Waals surface area contributed by atoms with Gasteiger partial charge in [0.2, 0.25) is 0 Å². The number of hydrogen-bond donors (Lipinski definition) is 0. The summed E-state index contributed by atoms with van der Waals surface area (Å²) in [4.78, 5) is 15.1. The van der Waals surface area contributed by atoms with Gasteiger partial charge in [0.25, 0.3) is 0 Å². The van der Waals surface area contributed by atoms with E-state index in [4.69, 9.17) is 0 Å². The number of nitrogens with zero attached hydrogens (tertiary/aromatic N) is 2. The summed E-state index contributed by atoms with van der Waals surface area (Å²) < 4.78 is 1.96. The third kappa shape index (κ3) is 1.40. The molecule has 2 rings (SSSR count). The minimum absolute atomic E-state index is 0.0562. The van der Waals surface area contributed by atoms with Gasteiger partial charge in [-0.25, -0.2) is 4.98 Å². The lowest BCUT2D eigenvalue weighted by molar-refractivity contribution is 0.0999. The number of Topliss-reactive ketones (excluding diaryl/α,β-unsaturated/α-hetero) is 1. The number of rotatable bonds is 3. The van der Waals surface area contributed by atoms with Crippen molar-refractivity contribution in [2.45, 2.75) is 26.3 Å². The molecule has 3 nitrogen and oxygen atoms in total. The number of hydrogen-bond acceptors (Lipinski definition) is 2. The van der Waals surface area contributed by atoms with Crippen LogP contribution in [0.25, 0.3) is 0 Å². The van der Waals surface area contributed by atoms with Crippen LogP contribution in [0.1, 0.15) is 30.4 Å². The molecule has 64 valence electrons. The van der Waals surface area contributed by atoms with Crippen LogP contribution in [0.3, 0.4) is 0 Å². The van der Waals surface area contributed by atoms with E-state index in [9.17, 15) is 4.79 Å². The van der Waals surface area contributed by atoms with Crippen LogP contribution in [0.5, 0.6) is 0 Å². The first-order chi connectivity index (χ1) is 5.77. The molecule has 1 aromatic rings. The summed E-state index contributed by atoms with van der Waals surface area (Å²) in [6, 6.07) is 0. The molecular formula is C9H12N2O. The van der Waals surface area contributed by atoms with Gasteiger partial charge in [-0.1, -0.05) is 0 Å². The van der Waals surface area contributed by atoms with Crippen LogP contribution >= 0.6 is 0 Å². The fourth-order valence-corrected chi connectivity index (χ4v) is 1.35. The second kappa shape index (κ2) is 2.73. The smallest absolute Gasteiger partial charge is 0.195 e. The van der Waals surface area contributed by atoms with Crippen molar-refractivity contribution in [1.29, 1.82) is 0 Å². The van der Waals surface area contributed by atoms with Gasteiger partial charge in [-0.2, -0.15) is 0 Å². The van der Waals surface area contributed by atoms with Crippen molar-refractivity contribution in [2.75, 3.05) is 0 Å². The molecule has 0 amide bonds. The molecule has 1 saturated carbocycles. The minimum Gasteiger partial charge on any atom is -0.328 e. The first kappa shape index (κ1) is 7.53. The van der Waals surface area contributed by atoms with E-state index in [0.29, 0.717) is 5.82 Å². The second-order valence-corrected chi connectivity index (χ2v) is 3.40. The zero-order chi connectivity index (χ0) is 8.55. The molecule has 1 aromatic heterocycles. The van der Waals surface area contributed by atoms with Crippen molar-refractivity contribution in [2.24, 2.45) is 5.92 Å². The maximum absolute atomic E-state index is 11.0. The van der Waals surface area contributed by atoms with Crippen LogP contribution in [0.2, 0.25) is 0 Å². The van der Waals surface area contributed by atoms with E-state index >= 15 is 0 Å². The van der Waals surface area contributed by atoms with Gasteiger partial charge in [0.05, 0.1) is 0 Å². The van der Waals surface area contributed by atoms with Gasteiger partial charge in [0, 0.05) is 25.9 Å². The molecule has 0 aliphatic heterocycles. The molecule has 3 heteroatoms. The summed E-state index contributed by atoms with van der Waals surface area (Å²) in [5.74, 6) is 1.44. The zero-order valence-corrected chi connectivity index (χ0v) is 7.16.